The summed E-state index contributed by atoms with van der Waals surface area (Å²) >= 11 is 1.37. The van der Waals surface area contributed by atoms with Crippen molar-refractivity contribution in [3.05, 3.63) is 17.5 Å². The topological polar surface area (TPSA) is 93.4 Å². The number of carbonyl (C=O) groups is 1. The monoisotopic (exact) mass is 355 g/mol. The molecule has 0 aliphatic carbocycles. The number of hydrogen-bond donors (Lipinski definition) is 0. The van der Waals surface area contributed by atoms with Crippen LogP contribution < -0.4 is 0 Å². The number of likely N-dealkylation sites (tertiary alicyclic amines) is 1. The molecular formula is C14H17N3O4S2. The number of thiophene rings is 1. The number of sulfone groups is 1. The van der Waals surface area contributed by atoms with Gasteiger partial charge in [-0.25, -0.2) is 8.42 Å². The van der Waals surface area contributed by atoms with E-state index in [0.29, 0.717) is 11.4 Å². The van der Waals surface area contributed by atoms with Gasteiger partial charge in [0.05, 0.1) is 4.88 Å². The van der Waals surface area contributed by atoms with E-state index in [9.17, 15) is 13.2 Å². The molecule has 1 atom stereocenters. The Kier molecular flexibility index (Phi) is 4.49. The van der Waals surface area contributed by atoms with Gasteiger partial charge in [0, 0.05) is 12.6 Å². The summed E-state index contributed by atoms with van der Waals surface area (Å²) < 4.78 is 29.9. The first-order valence-electron chi connectivity index (χ1n) is 7.37. The van der Waals surface area contributed by atoms with Crippen LogP contribution in [0.4, 0.5) is 0 Å². The maximum atomic E-state index is 12.3. The van der Waals surface area contributed by atoms with Crippen LogP contribution in [-0.2, 0) is 14.6 Å². The van der Waals surface area contributed by atoms with E-state index in [1.807, 2.05) is 12.3 Å². The summed E-state index contributed by atoms with van der Waals surface area (Å²) in [6.45, 7) is 2.53. The number of piperidine rings is 1. The molecule has 1 amide bonds. The molecule has 0 aromatic carbocycles. The van der Waals surface area contributed by atoms with Gasteiger partial charge >= 0.3 is 5.22 Å². The van der Waals surface area contributed by atoms with Crippen LogP contribution in [0, 0.1) is 0 Å². The molecule has 1 aliphatic rings. The summed E-state index contributed by atoms with van der Waals surface area (Å²) in [4.78, 5) is 14.6. The van der Waals surface area contributed by atoms with Crippen molar-refractivity contribution in [2.45, 2.75) is 37.5 Å². The molecule has 1 aliphatic heterocycles. The smallest absolute Gasteiger partial charge is 0.336 e. The quantitative estimate of drug-likeness (QED) is 0.832. The second kappa shape index (κ2) is 6.40. The average molecular weight is 355 g/mol. The van der Waals surface area contributed by atoms with E-state index >= 15 is 0 Å². The Morgan fingerprint density at radius 1 is 1.43 bits per heavy atom. The van der Waals surface area contributed by atoms with Crippen molar-refractivity contribution >= 4 is 27.1 Å². The van der Waals surface area contributed by atoms with E-state index < -0.39 is 26.7 Å². The third-order valence-corrected chi connectivity index (χ3v) is 6.02. The van der Waals surface area contributed by atoms with Gasteiger partial charge in [-0.2, -0.15) is 0 Å². The molecule has 2 aromatic heterocycles. The molecule has 0 spiro atoms. The van der Waals surface area contributed by atoms with Crippen LogP contribution in [0.1, 0.15) is 26.2 Å². The summed E-state index contributed by atoms with van der Waals surface area (Å²) in [7, 11) is -3.93. The number of nitrogens with zero attached hydrogens (tertiary/aromatic N) is 3. The summed E-state index contributed by atoms with van der Waals surface area (Å²) in [6.07, 6.45) is 2.86. The fourth-order valence-corrected chi connectivity index (χ4v) is 4.24. The summed E-state index contributed by atoms with van der Waals surface area (Å²) in [5.74, 6) is -0.894. The van der Waals surface area contributed by atoms with Crippen LogP contribution in [0.5, 0.6) is 0 Å². The van der Waals surface area contributed by atoms with Gasteiger partial charge in [-0.1, -0.05) is 11.2 Å². The highest BCUT2D eigenvalue weighted by molar-refractivity contribution is 7.91. The first-order chi connectivity index (χ1) is 11.0. The minimum atomic E-state index is -3.93. The molecular weight excluding hydrogens is 338 g/mol. The first-order valence-corrected chi connectivity index (χ1v) is 9.90. The van der Waals surface area contributed by atoms with E-state index in [4.69, 9.17) is 4.42 Å². The number of carbonyl (C=O) groups excluding carboxylic acids is 1. The summed E-state index contributed by atoms with van der Waals surface area (Å²) in [6, 6.07) is 3.63. The number of hydrogen-bond acceptors (Lipinski definition) is 7. The Morgan fingerprint density at radius 3 is 2.96 bits per heavy atom. The lowest BCUT2D eigenvalue weighted by Gasteiger charge is -2.33. The van der Waals surface area contributed by atoms with Gasteiger partial charge in [0.25, 0.3) is 5.89 Å². The van der Waals surface area contributed by atoms with Crippen LogP contribution in [0.3, 0.4) is 0 Å². The highest BCUT2D eigenvalue weighted by Crippen LogP contribution is 2.25. The largest absolute Gasteiger partial charge is 0.407 e. The lowest BCUT2D eigenvalue weighted by molar-refractivity contribution is -0.131. The van der Waals surface area contributed by atoms with Gasteiger partial charge < -0.3 is 9.32 Å². The van der Waals surface area contributed by atoms with Crippen molar-refractivity contribution in [3.63, 3.8) is 0 Å². The van der Waals surface area contributed by atoms with Gasteiger partial charge in [0.1, 0.15) is 5.75 Å². The normalized spacial score (nSPS) is 19.0. The summed E-state index contributed by atoms with van der Waals surface area (Å²) in [5.41, 5.74) is 0. The lowest BCUT2D eigenvalue weighted by atomic mass is 10.0. The third-order valence-electron chi connectivity index (χ3n) is 3.84. The molecule has 3 rings (SSSR count). The first kappa shape index (κ1) is 16.1. The Labute approximate surface area is 138 Å². The minimum absolute atomic E-state index is 0.0656. The Morgan fingerprint density at radius 2 is 2.26 bits per heavy atom. The van der Waals surface area contributed by atoms with E-state index in [1.54, 1.807) is 17.0 Å². The van der Waals surface area contributed by atoms with Crippen LogP contribution in [0.2, 0.25) is 0 Å². The zero-order valence-electron chi connectivity index (χ0n) is 12.6. The maximum absolute atomic E-state index is 12.3. The molecule has 0 radical (unpaired) electrons. The molecule has 1 saturated heterocycles. The molecule has 1 fully saturated rings. The SMILES string of the molecule is CC1CCCCN1C(=O)CS(=O)(=O)c1nnc(-c2cccs2)o1. The zero-order chi connectivity index (χ0) is 16.4. The van der Waals surface area contributed by atoms with Gasteiger partial charge in [0.2, 0.25) is 15.7 Å². The van der Waals surface area contributed by atoms with E-state index in [0.717, 1.165) is 19.3 Å². The van der Waals surface area contributed by atoms with Crippen molar-refractivity contribution in [2.75, 3.05) is 12.3 Å². The number of amides is 1. The predicted octanol–water partition coefficient (Wildman–Crippen LogP) is 1.97. The Bertz CT molecular complexity index is 783. The fraction of sp³-hybridized carbons (Fsp3) is 0.500. The van der Waals surface area contributed by atoms with Crippen molar-refractivity contribution < 1.29 is 17.6 Å². The molecule has 0 saturated carbocycles. The number of aromatic nitrogens is 2. The van der Waals surface area contributed by atoms with Crippen LogP contribution >= 0.6 is 11.3 Å². The van der Waals surface area contributed by atoms with Crippen LogP contribution in [-0.4, -0.2) is 47.8 Å². The molecule has 3 heterocycles. The number of rotatable bonds is 4. The van der Waals surface area contributed by atoms with Crippen LogP contribution in [0.15, 0.2) is 27.2 Å². The molecule has 2 aromatic rings. The van der Waals surface area contributed by atoms with E-state index in [1.165, 1.54) is 11.3 Å². The van der Waals surface area contributed by atoms with Crippen molar-refractivity contribution in [1.29, 1.82) is 0 Å². The predicted molar refractivity (Wildman–Crippen MR) is 84.7 cm³/mol. The molecule has 0 N–H and O–H groups in total. The van der Waals surface area contributed by atoms with Gasteiger partial charge in [-0.15, -0.1) is 16.4 Å². The second-order valence-electron chi connectivity index (χ2n) is 5.54. The fourth-order valence-electron chi connectivity index (χ4n) is 2.61. The van der Waals surface area contributed by atoms with Crippen molar-refractivity contribution in [2.24, 2.45) is 0 Å². The highest BCUT2D eigenvalue weighted by Gasteiger charge is 2.31. The maximum Gasteiger partial charge on any atom is 0.336 e. The van der Waals surface area contributed by atoms with E-state index in [2.05, 4.69) is 10.2 Å². The van der Waals surface area contributed by atoms with E-state index in [-0.39, 0.29) is 11.9 Å². The van der Waals surface area contributed by atoms with Crippen LogP contribution in [0.25, 0.3) is 10.8 Å². The average Bonchev–Trinajstić information content (AvgIpc) is 3.18. The minimum Gasteiger partial charge on any atom is -0.407 e. The molecule has 0 bridgehead atoms. The Hall–Kier alpha value is -1.74. The third kappa shape index (κ3) is 3.45. The van der Waals surface area contributed by atoms with Gasteiger partial charge in [-0.05, 0) is 37.6 Å². The zero-order valence-corrected chi connectivity index (χ0v) is 14.3. The summed E-state index contributed by atoms with van der Waals surface area (Å²) in [5, 5.41) is 8.67. The highest BCUT2D eigenvalue weighted by atomic mass is 32.2. The molecule has 9 heteroatoms. The molecule has 124 valence electrons. The van der Waals surface area contributed by atoms with Crippen molar-refractivity contribution in [1.82, 2.24) is 15.1 Å². The van der Waals surface area contributed by atoms with Crippen molar-refractivity contribution in [3.8, 4) is 10.8 Å². The van der Waals surface area contributed by atoms with Gasteiger partial charge in [0.15, 0.2) is 0 Å². The Balaban J connectivity index is 1.75. The molecule has 7 nitrogen and oxygen atoms in total. The molecule has 23 heavy (non-hydrogen) atoms. The second-order valence-corrected chi connectivity index (χ2v) is 8.36. The standard InChI is InChI=1S/C14H17N3O4S2/c1-10-5-2-3-7-17(10)12(18)9-23(19,20)14-16-15-13(21-14)11-6-4-8-22-11/h4,6,8,10H,2-3,5,7,9H2,1H3. The lowest BCUT2D eigenvalue weighted by Crippen LogP contribution is -2.44. The van der Waals surface area contributed by atoms with Gasteiger partial charge in [-0.3, -0.25) is 4.79 Å². The molecule has 1 unspecified atom stereocenters.